The molecule has 0 atom stereocenters. The summed E-state index contributed by atoms with van der Waals surface area (Å²) in [5.41, 5.74) is 2.22. The van der Waals surface area contributed by atoms with Gasteiger partial charge in [-0.3, -0.25) is 0 Å². The van der Waals surface area contributed by atoms with Gasteiger partial charge in [0.05, 0.1) is 5.52 Å². The lowest BCUT2D eigenvalue weighted by Gasteiger charge is -2.20. The van der Waals surface area contributed by atoms with Gasteiger partial charge >= 0.3 is 0 Å². The fourth-order valence-corrected chi connectivity index (χ4v) is 2.77. The van der Waals surface area contributed by atoms with Gasteiger partial charge in [-0.2, -0.15) is 0 Å². The molecule has 0 unspecified atom stereocenters. The summed E-state index contributed by atoms with van der Waals surface area (Å²) in [6.07, 6.45) is 6.57. The van der Waals surface area contributed by atoms with E-state index in [2.05, 4.69) is 44.5 Å². The monoisotopic (exact) mass is 295 g/mol. The van der Waals surface area contributed by atoms with Crippen LogP contribution in [0.25, 0.3) is 10.9 Å². The molecule has 1 aromatic carbocycles. The molecule has 0 saturated carbocycles. The largest absolute Gasteiger partial charge is 0.359 e. The van der Waals surface area contributed by atoms with E-state index in [1.54, 1.807) is 6.33 Å². The first-order chi connectivity index (χ1) is 10.7. The molecule has 114 valence electrons. The number of hydrogen-bond donors (Lipinski definition) is 0. The second kappa shape index (κ2) is 6.13. The minimum atomic E-state index is 0.943. The first kappa shape index (κ1) is 14.5. The zero-order valence-electron chi connectivity index (χ0n) is 13.3. The Labute approximate surface area is 130 Å². The molecule has 0 bridgehead atoms. The highest BCUT2D eigenvalue weighted by Gasteiger charge is 2.10. The third-order valence-electron chi connectivity index (χ3n) is 4.03. The average Bonchev–Trinajstić information content (AvgIpc) is 2.92. The standard InChI is InChI=1S/C17H21N5/c1-13-6-4-7-15-16(13)17(20-12-19-15)21(3)9-5-10-22-11-8-18-14(22)2/h4,6-8,11-12H,5,9-10H2,1-3H3. The first-order valence-corrected chi connectivity index (χ1v) is 7.56. The zero-order chi connectivity index (χ0) is 15.5. The number of hydrogen-bond acceptors (Lipinski definition) is 4. The molecule has 0 aliphatic heterocycles. The SMILES string of the molecule is Cc1cccc2ncnc(N(C)CCCn3ccnc3C)c12. The second-order valence-corrected chi connectivity index (χ2v) is 5.61. The van der Waals surface area contributed by atoms with Crippen LogP contribution in [0.5, 0.6) is 0 Å². The predicted octanol–water partition coefficient (Wildman–Crippen LogP) is 2.97. The van der Waals surface area contributed by atoms with Crippen molar-refractivity contribution in [3.63, 3.8) is 0 Å². The van der Waals surface area contributed by atoms with E-state index < -0.39 is 0 Å². The average molecular weight is 295 g/mol. The van der Waals surface area contributed by atoms with E-state index in [1.807, 2.05) is 31.5 Å². The Bertz CT molecular complexity index is 772. The lowest BCUT2D eigenvalue weighted by atomic mass is 10.1. The lowest BCUT2D eigenvalue weighted by Crippen LogP contribution is -2.21. The highest BCUT2D eigenvalue weighted by molar-refractivity contribution is 5.92. The van der Waals surface area contributed by atoms with E-state index in [1.165, 1.54) is 5.56 Å². The smallest absolute Gasteiger partial charge is 0.139 e. The second-order valence-electron chi connectivity index (χ2n) is 5.61. The summed E-state index contributed by atoms with van der Waals surface area (Å²) >= 11 is 0. The molecule has 2 heterocycles. The van der Waals surface area contributed by atoms with Gasteiger partial charge in [0.1, 0.15) is 18.0 Å². The molecule has 0 N–H and O–H groups in total. The fourth-order valence-electron chi connectivity index (χ4n) is 2.77. The van der Waals surface area contributed by atoms with Crippen molar-refractivity contribution < 1.29 is 0 Å². The summed E-state index contributed by atoms with van der Waals surface area (Å²) in [7, 11) is 2.09. The summed E-state index contributed by atoms with van der Waals surface area (Å²) in [4.78, 5) is 15.3. The normalized spacial score (nSPS) is 11.0. The molecule has 0 saturated heterocycles. The van der Waals surface area contributed by atoms with Crippen LogP contribution < -0.4 is 4.90 Å². The number of fused-ring (bicyclic) bond motifs is 1. The molecule has 0 radical (unpaired) electrons. The Hall–Kier alpha value is -2.43. The number of aromatic nitrogens is 4. The van der Waals surface area contributed by atoms with E-state index >= 15 is 0 Å². The molecular formula is C17H21N5. The van der Waals surface area contributed by atoms with E-state index in [0.717, 1.165) is 42.1 Å². The maximum absolute atomic E-state index is 4.50. The Kier molecular flexibility index (Phi) is 4.04. The molecule has 22 heavy (non-hydrogen) atoms. The molecule has 3 rings (SSSR count). The van der Waals surface area contributed by atoms with Gasteiger partial charge in [-0.25, -0.2) is 15.0 Å². The van der Waals surface area contributed by atoms with Crippen molar-refractivity contribution in [3.8, 4) is 0 Å². The fraction of sp³-hybridized carbons (Fsp3) is 0.353. The summed E-state index contributed by atoms with van der Waals surface area (Å²) in [5.74, 6) is 2.07. The highest BCUT2D eigenvalue weighted by Crippen LogP contribution is 2.25. The van der Waals surface area contributed by atoms with Gasteiger partial charge in [0.25, 0.3) is 0 Å². The summed E-state index contributed by atoms with van der Waals surface area (Å²) in [5, 5.41) is 1.14. The van der Waals surface area contributed by atoms with Crippen LogP contribution in [0.3, 0.4) is 0 Å². The lowest BCUT2D eigenvalue weighted by molar-refractivity contribution is 0.621. The Morgan fingerprint density at radius 1 is 1.14 bits per heavy atom. The molecule has 5 heteroatoms. The zero-order valence-corrected chi connectivity index (χ0v) is 13.3. The van der Waals surface area contributed by atoms with Gasteiger partial charge in [0.2, 0.25) is 0 Å². The van der Waals surface area contributed by atoms with Crippen molar-refractivity contribution >= 4 is 16.7 Å². The van der Waals surface area contributed by atoms with E-state index in [-0.39, 0.29) is 0 Å². The summed E-state index contributed by atoms with van der Waals surface area (Å²) < 4.78 is 2.18. The number of benzene rings is 1. The number of nitrogens with zero attached hydrogens (tertiary/aromatic N) is 5. The first-order valence-electron chi connectivity index (χ1n) is 7.56. The number of aryl methyl sites for hydroxylation is 3. The molecule has 0 fully saturated rings. The van der Waals surface area contributed by atoms with Gasteiger partial charge in [-0.1, -0.05) is 12.1 Å². The minimum Gasteiger partial charge on any atom is -0.359 e. The molecule has 5 nitrogen and oxygen atoms in total. The van der Waals surface area contributed by atoms with Gasteiger partial charge in [0, 0.05) is 37.9 Å². The van der Waals surface area contributed by atoms with Crippen LogP contribution in [0.1, 0.15) is 17.8 Å². The Morgan fingerprint density at radius 2 is 2.00 bits per heavy atom. The van der Waals surface area contributed by atoms with Crippen LogP contribution in [0.2, 0.25) is 0 Å². The third-order valence-corrected chi connectivity index (χ3v) is 4.03. The Morgan fingerprint density at radius 3 is 2.77 bits per heavy atom. The van der Waals surface area contributed by atoms with Gasteiger partial charge < -0.3 is 9.47 Å². The van der Waals surface area contributed by atoms with E-state index in [9.17, 15) is 0 Å². The quantitative estimate of drug-likeness (QED) is 0.726. The van der Waals surface area contributed by atoms with Crippen LogP contribution in [-0.4, -0.2) is 33.1 Å². The van der Waals surface area contributed by atoms with Crippen LogP contribution in [0.4, 0.5) is 5.82 Å². The summed E-state index contributed by atoms with van der Waals surface area (Å²) in [6.45, 7) is 6.05. The summed E-state index contributed by atoms with van der Waals surface area (Å²) in [6, 6.07) is 6.18. The van der Waals surface area contributed by atoms with Crippen LogP contribution in [0, 0.1) is 13.8 Å². The Balaban J connectivity index is 1.75. The van der Waals surface area contributed by atoms with Crippen molar-refractivity contribution in [1.82, 2.24) is 19.5 Å². The van der Waals surface area contributed by atoms with Crippen molar-refractivity contribution in [2.45, 2.75) is 26.8 Å². The number of anilines is 1. The molecule has 0 amide bonds. The molecule has 3 aromatic rings. The van der Waals surface area contributed by atoms with Gasteiger partial charge in [0.15, 0.2) is 0 Å². The molecule has 0 spiro atoms. The maximum Gasteiger partial charge on any atom is 0.139 e. The molecule has 0 aliphatic carbocycles. The van der Waals surface area contributed by atoms with Crippen LogP contribution in [0.15, 0.2) is 36.9 Å². The topological polar surface area (TPSA) is 46.8 Å². The maximum atomic E-state index is 4.50. The van der Waals surface area contributed by atoms with Crippen LogP contribution in [-0.2, 0) is 6.54 Å². The van der Waals surface area contributed by atoms with Crippen molar-refractivity contribution in [1.29, 1.82) is 0 Å². The highest BCUT2D eigenvalue weighted by atomic mass is 15.2. The predicted molar refractivity (Wildman–Crippen MR) is 89.1 cm³/mol. The molecule has 0 aliphatic rings. The van der Waals surface area contributed by atoms with Gasteiger partial charge in [-0.15, -0.1) is 0 Å². The number of rotatable bonds is 5. The van der Waals surface area contributed by atoms with Crippen molar-refractivity contribution in [3.05, 3.63) is 48.3 Å². The molecular weight excluding hydrogens is 274 g/mol. The minimum absolute atomic E-state index is 0.943. The van der Waals surface area contributed by atoms with Gasteiger partial charge in [-0.05, 0) is 31.9 Å². The van der Waals surface area contributed by atoms with Crippen molar-refractivity contribution in [2.75, 3.05) is 18.5 Å². The van der Waals surface area contributed by atoms with E-state index in [0.29, 0.717) is 0 Å². The van der Waals surface area contributed by atoms with E-state index in [4.69, 9.17) is 0 Å². The van der Waals surface area contributed by atoms with Crippen LogP contribution >= 0.6 is 0 Å². The van der Waals surface area contributed by atoms with Crippen molar-refractivity contribution in [2.24, 2.45) is 0 Å². The molecule has 2 aromatic heterocycles. The third kappa shape index (κ3) is 2.79. The number of imidazole rings is 1.